The molecule has 0 bridgehead atoms. The van der Waals surface area contributed by atoms with Crippen LogP contribution in [0.1, 0.15) is 22.3 Å². The Labute approximate surface area is 150 Å². The Kier molecular flexibility index (Phi) is 22.9. The Bertz CT molecular complexity index is 331. The molecule has 0 saturated carbocycles. The largest absolute Gasteiger partial charge is 4.00 e. The second kappa shape index (κ2) is 16.0. The van der Waals surface area contributed by atoms with Gasteiger partial charge in [-0.3, -0.25) is 0 Å². The Balaban J connectivity index is -0.0000000919. The third-order valence-corrected chi connectivity index (χ3v) is 2.63. The first kappa shape index (κ1) is 27.3. The Morgan fingerprint density at radius 2 is 1.26 bits per heavy atom. The summed E-state index contributed by atoms with van der Waals surface area (Å²) in [5.74, 6) is 0. The fourth-order valence-electron chi connectivity index (χ4n) is 1.20. The third kappa shape index (κ3) is 11.4. The summed E-state index contributed by atoms with van der Waals surface area (Å²) in [5, 5.41) is 0. The van der Waals surface area contributed by atoms with Gasteiger partial charge < -0.3 is 24.8 Å². The van der Waals surface area contributed by atoms with Crippen LogP contribution in [0.25, 0.3) is 0 Å². The monoisotopic (exact) mass is 374 g/mol. The minimum Gasteiger partial charge on any atom is -1.00 e. The van der Waals surface area contributed by atoms with E-state index in [0.717, 1.165) is 0 Å². The van der Waals surface area contributed by atoms with E-state index in [1.54, 1.807) is 0 Å². The van der Waals surface area contributed by atoms with E-state index in [-0.39, 0.29) is 51.0 Å². The molecule has 0 aliphatic rings. The van der Waals surface area contributed by atoms with Crippen LogP contribution in [0.5, 0.6) is 0 Å². The number of hydrogen-bond acceptors (Lipinski definition) is 0. The van der Waals surface area contributed by atoms with Gasteiger partial charge in [0.25, 0.3) is 0 Å². The zero-order valence-corrected chi connectivity index (χ0v) is 16.1. The molecule has 3 heteroatoms. The van der Waals surface area contributed by atoms with Gasteiger partial charge in [-0.1, -0.05) is 27.7 Å². The first-order valence-electron chi connectivity index (χ1n) is 5.49. The van der Waals surface area contributed by atoms with E-state index in [1.165, 1.54) is 22.3 Å². The summed E-state index contributed by atoms with van der Waals surface area (Å²) in [4.78, 5) is 0. The van der Waals surface area contributed by atoms with Gasteiger partial charge in [0.05, 0.1) is 0 Å². The topological polar surface area (TPSA) is 0 Å². The maximum absolute atomic E-state index is 3.00. The molecule has 0 saturated heterocycles. The summed E-state index contributed by atoms with van der Waals surface area (Å²) in [6, 6.07) is 12.6. The second-order valence-electron chi connectivity index (χ2n) is 3.78. The molecular weight excluding hydrogens is 354 g/mol. The minimum atomic E-state index is 0. The van der Waals surface area contributed by atoms with Gasteiger partial charge in [-0.2, -0.15) is 52.6 Å². The molecule has 2 rings (SSSR count). The Morgan fingerprint density at radius 1 is 0.842 bits per heavy atom. The van der Waals surface area contributed by atoms with Gasteiger partial charge in [0.15, 0.2) is 0 Å². The predicted molar refractivity (Wildman–Crippen MR) is 74.3 cm³/mol. The smallest absolute Gasteiger partial charge is 1.00 e. The zero-order chi connectivity index (χ0) is 12.6. The first-order valence-corrected chi connectivity index (χ1v) is 5.49. The molecule has 2 aromatic carbocycles. The van der Waals surface area contributed by atoms with Crippen LogP contribution in [0, 0.1) is 27.7 Å². The standard InChI is InChI=1S/2C7H9.C2H4.2ClH.Zr/c2*1-6-4-3-5-7(6)2;1-2;;;/h2*3-5H,1-2H3;1-2H2;2*1H;/q2*-1;;;;+4/p-2. The maximum Gasteiger partial charge on any atom is 4.00 e. The van der Waals surface area contributed by atoms with Gasteiger partial charge in [0.1, 0.15) is 0 Å². The van der Waals surface area contributed by atoms with Gasteiger partial charge in [-0.05, 0) is 0 Å². The van der Waals surface area contributed by atoms with Crippen molar-refractivity contribution >= 4 is 0 Å². The zero-order valence-electron chi connectivity index (χ0n) is 12.1. The van der Waals surface area contributed by atoms with E-state index in [4.69, 9.17) is 0 Å². The van der Waals surface area contributed by atoms with Crippen molar-refractivity contribution in [1.29, 1.82) is 0 Å². The van der Waals surface area contributed by atoms with E-state index in [2.05, 4.69) is 77.3 Å². The van der Waals surface area contributed by atoms with Crippen molar-refractivity contribution < 1.29 is 51.0 Å². The van der Waals surface area contributed by atoms with Crippen molar-refractivity contribution in [3.8, 4) is 0 Å². The molecule has 2 aromatic rings. The van der Waals surface area contributed by atoms with Gasteiger partial charge in [0, 0.05) is 0 Å². The molecule has 0 atom stereocenters. The minimum absolute atomic E-state index is 0. The number of rotatable bonds is 0. The van der Waals surface area contributed by atoms with Gasteiger partial charge >= 0.3 is 26.2 Å². The molecule has 0 heterocycles. The number of aryl methyl sites for hydroxylation is 4. The van der Waals surface area contributed by atoms with E-state index in [1.807, 2.05) is 0 Å². The molecule has 19 heavy (non-hydrogen) atoms. The van der Waals surface area contributed by atoms with E-state index in [9.17, 15) is 0 Å². The van der Waals surface area contributed by atoms with Gasteiger partial charge in [0.2, 0.25) is 0 Å². The van der Waals surface area contributed by atoms with E-state index < -0.39 is 0 Å². The van der Waals surface area contributed by atoms with Crippen LogP contribution in [0.15, 0.2) is 49.6 Å². The van der Waals surface area contributed by atoms with Crippen LogP contribution in [0.4, 0.5) is 0 Å². The molecule has 0 nitrogen and oxygen atoms in total. The van der Waals surface area contributed by atoms with Crippen molar-refractivity contribution in [1.82, 2.24) is 0 Å². The average Bonchev–Trinajstić information content (AvgIpc) is 2.83. The van der Waals surface area contributed by atoms with Gasteiger partial charge in [-0.25, -0.2) is 6.07 Å². The summed E-state index contributed by atoms with van der Waals surface area (Å²) in [7, 11) is 0. The molecule has 0 aliphatic heterocycles. The Morgan fingerprint density at radius 3 is 1.37 bits per heavy atom. The first-order chi connectivity index (χ1) is 7.61. The summed E-state index contributed by atoms with van der Waals surface area (Å²) in [6.45, 7) is 14.5. The van der Waals surface area contributed by atoms with Crippen LogP contribution in [-0.4, -0.2) is 0 Å². The fourth-order valence-corrected chi connectivity index (χ4v) is 1.20. The third-order valence-electron chi connectivity index (χ3n) is 2.63. The molecule has 0 aliphatic carbocycles. The summed E-state index contributed by atoms with van der Waals surface area (Å²) < 4.78 is 0. The quantitative estimate of drug-likeness (QED) is 0.403. The van der Waals surface area contributed by atoms with Crippen LogP contribution >= 0.6 is 0 Å². The number of halogens is 2. The maximum atomic E-state index is 3.00. The molecule has 0 amide bonds. The van der Waals surface area contributed by atoms with Crippen molar-refractivity contribution in [2.24, 2.45) is 0 Å². The summed E-state index contributed by atoms with van der Waals surface area (Å²) in [5.41, 5.74) is 5.56. The average molecular weight is 376 g/mol. The molecule has 0 aromatic heterocycles. The van der Waals surface area contributed by atoms with E-state index in [0.29, 0.717) is 0 Å². The summed E-state index contributed by atoms with van der Waals surface area (Å²) >= 11 is 0. The fraction of sp³-hybridized carbons (Fsp3) is 0.250. The summed E-state index contributed by atoms with van der Waals surface area (Å²) in [6.07, 6.45) is 0. The van der Waals surface area contributed by atoms with Crippen LogP contribution in [-0.2, 0) is 26.2 Å². The Hall–Kier alpha value is -0.0969. The van der Waals surface area contributed by atoms with Crippen molar-refractivity contribution in [2.75, 3.05) is 0 Å². The molecule has 0 N–H and O–H groups in total. The molecule has 0 spiro atoms. The van der Waals surface area contributed by atoms with Crippen molar-refractivity contribution in [2.45, 2.75) is 27.7 Å². The van der Waals surface area contributed by atoms with E-state index >= 15 is 0 Å². The second-order valence-corrected chi connectivity index (χ2v) is 3.78. The number of hydrogen-bond donors (Lipinski definition) is 0. The molecular formula is C16H22Cl2Zr. The van der Waals surface area contributed by atoms with Crippen molar-refractivity contribution in [3.63, 3.8) is 0 Å². The molecule has 104 valence electrons. The molecule has 0 unspecified atom stereocenters. The molecule has 0 fully saturated rings. The van der Waals surface area contributed by atoms with Gasteiger partial charge in [-0.15, -0.1) is 13.2 Å². The van der Waals surface area contributed by atoms with Crippen LogP contribution < -0.4 is 24.8 Å². The van der Waals surface area contributed by atoms with Crippen LogP contribution in [0.3, 0.4) is 0 Å². The predicted octanol–water partition coefficient (Wildman–Crippen LogP) is -1.15. The molecule has 0 radical (unpaired) electrons. The van der Waals surface area contributed by atoms with Crippen molar-refractivity contribution in [3.05, 3.63) is 71.8 Å². The normalized spacial score (nSPS) is 7.16. The SMILES string of the molecule is C=C.Cc1c[cH-]cc1C.Cc1cc[cH-]c1C.[Cl-].[Cl-].[Zr+4]. The van der Waals surface area contributed by atoms with Crippen LogP contribution in [0.2, 0.25) is 0 Å².